The molecule has 0 aliphatic carbocycles. The fourth-order valence-corrected chi connectivity index (χ4v) is 2.57. The molecule has 21 heavy (non-hydrogen) atoms. The van der Waals surface area contributed by atoms with Gasteiger partial charge in [0.05, 0.1) is 5.69 Å². The van der Waals surface area contributed by atoms with Crippen molar-refractivity contribution in [3.63, 3.8) is 0 Å². The van der Waals surface area contributed by atoms with E-state index >= 15 is 0 Å². The Kier molecular flexibility index (Phi) is 3.97. The lowest BCUT2D eigenvalue weighted by molar-refractivity contribution is 0.112. The Morgan fingerprint density at radius 3 is 2.90 bits per heavy atom. The van der Waals surface area contributed by atoms with Crippen molar-refractivity contribution in [1.82, 2.24) is 9.88 Å². The summed E-state index contributed by atoms with van der Waals surface area (Å²) in [4.78, 5) is 17.7. The Morgan fingerprint density at radius 2 is 2.14 bits per heavy atom. The maximum absolute atomic E-state index is 10.9. The van der Waals surface area contributed by atoms with E-state index in [1.807, 2.05) is 36.4 Å². The van der Waals surface area contributed by atoms with Crippen molar-refractivity contribution in [3.8, 4) is 17.1 Å². The van der Waals surface area contributed by atoms with Crippen LogP contribution < -0.4 is 4.74 Å². The molecule has 1 aliphatic heterocycles. The van der Waals surface area contributed by atoms with Gasteiger partial charge in [-0.05, 0) is 25.6 Å². The second-order valence-electron chi connectivity index (χ2n) is 5.40. The average Bonchev–Trinajstić information content (AvgIpc) is 2.93. The summed E-state index contributed by atoms with van der Waals surface area (Å²) in [6, 6.07) is 13.2. The number of carbonyl (C=O) groups excluding carboxylic acids is 1. The van der Waals surface area contributed by atoms with Crippen LogP contribution in [0, 0.1) is 0 Å². The monoisotopic (exact) mass is 282 g/mol. The summed E-state index contributed by atoms with van der Waals surface area (Å²) in [5, 5.41) is 0. The van der Waals surface area contributed by atoms with E-state index in [4.69, 9.17) is 4.74 Å². The van der Waals surface area contributed by atoms with Crippen molar-refractivity contribution in [2.24, 2.45) is 0 Å². The lowest BCUT2D eigenvalue weighted by Gasteiger charge is -2.13. The van der Waals surface area contributed by atoms with Crippen molar-refractivity contribution < 1.29 is 9.53 Å². The van der Waals surface area contributed by atoms with E-state index in [1.54, 1.807) is 6.07 Å². The molecule has 1 aromatic carbocycles. The Bertz CT molecular complexity index is 642. The van der Waals surface area contributed by atoms with Crippen LogP contribution in [0.25, 0.3) is 11.3 Å². The number of hydrogen-bond acceptors (Lipinski definition) is 4. The zero-order chi connectivity index (χ0) is 14.7. The summed E-state index contributed by atoms with van der Waals surface area (Å²) in [5.74, 6) is 0.643. The van der Waals surface area contributed by atoms with Gasteiger partial charge < -0.3 is 9.64 Å². The SMILES string of the molecule is CN1CC[C@H](Oc2cccc(-c3cccc(C=O)c3)n2)C1. The summed E-state index contributed by atoms with van der Waals surface area (Å²) < 4.78 is 5.94. The lowest BCUT2D eigenvalue weighted by atomic mass is 10.1. The molecule has 0 spiro atoms. The Morgan fingerprint density at radius 1 is 1.29 bits per heavy atom. The zero-order valence-corrected chi connectivity index (χ0v) is 12.0. The van der Waals surface area contributed by atoms with Crippen LogP contribution in [0.15, 0.2) is 42.5 Å². The number of nitrogens with zero attached hydrogens (tertiary/aromatic N) is 2. The van der Waals surface area contributed by atoms with E-state index in [0.29, 0.717) is 11.4 Å². The topological polar surface area (TPSA) is 42.4 Å². The van der Waals surface area contributed by atoms with Crippen LogP contribution in [0.3, 0.4) is 0 Å². The molecule has 0 radical (unpaired) electrons. The van der Waals surface area contributed by atoms with Gasteiger partial charge >= 0.3 is 0 Å². The number of ether oxygens (including phenoxy) is 1. The van der Waals surface area contributed by atoms with Crippen LogP contribution in [-0.2, 0) is 0 Å². The van der Waals surface area contributed by atoms with Crippen LogP contribution in [-0.4, -0.2) is 42.4 Å². The molecule has 0 amide bonds. The van der Waals surface area contributed by atoms with Gasteiger partial charge in [0.1, 0.15) is 12.4 Å². The normalized spacial score (nSPS) is 18.6. The number of aromatic nitrogens is 1. The first kappa shape index (κ1) is 13.8. The van der Waals surface area contributed by atoms with E-state index in [1.165, 1.54) is 0 Å². The second-order valence-corrected chi connectivity index (χ2v) is 5.40. The molecule has 3 rings (SSSR count). The molecule has 0 unspecified atom stereocenters. The predicted molar refractivity (Wildman–Crippen MR) is 81.6 cm³/mol. The molecular formula is C17H18N2O2. The van der Waals surface area contributed by atoms with Crippen LogP contribution in [0.4, 0.5) is 0 Å². The van der Waals surface area contributed by atoms with E-state index in [-0.39, 0.29) is 6.10 Å². The Hall–Kier alpha value is -2.20. The molecule has 1 aliphatic rings. The van der Waals surface area contributed by atoms with Crippen molar-refractivity contribution in [2.75, 3.05) is 20.1 Å². The maximum Gasteiger partial charge on any atom is 0.214 e. The number of aldehydes is 1. The summed E-state index contributed by atoms with van der Waals surface area (Å²) in [6.45, 7) is 2.00. The smallest absolute Gasteiger partial charge is 0.214 e. The Balaban J connectivity index is 1.80. The minimum atomic E-state index is 0.207. The highest BCUT2D eigenvalue weighted by atomic mass is 16.5. The molecule has 4 heteroatoms. The fourth-order valence-electron chi connectivity index (χ4n) is 2.57. The molecule has 1 fully saturated rings. The van der Waals surface area contributed by atoms with Crippen molar-refractivity contribution in [3.05, 3.63) is 48.0 Å². The highest BCUT2D eigenvalue weighted by molar-refractivity contribution is 5.78. The van der Waals surface area contributed by atoms with Gasteiger partial charge in [0.15, 0.2) is 0 Å². The van der Waals surface area contributed by atoms with E-state index in [9.17, 15) is 4.79 Å². The van der Waals surface area contributed by atoms with Crippen LogP contribution in [0.5, 0.6) is 5.88 Å². The third-order valence-electron chi connectivity index (χ3n) is 3.68. The molecular weight excluding hydrogens is 264 g/mol. The van der Waals surface area contributed by atoms with Gasteiger partial charge in [-0.25, -0.2) is 4.98 Å². The van der Waals surface area contributed by atoms with Gasteiger partial charge in [-0.1, -0.05) is 24.3 Å². The molecule has 4 nitrogen and oxygen atoms in total. The fraction of sp³-hybridized carbons (Fsp3) is 0.294. The molecule has 1 saturated heterocycles. The highest BCUT2D eigenvalue weighted by Gasteiger charge is 2.21. The van der Waals surface area contributed by atoms with Crippen LogP contribution in [0.2, 0.25) is 0 Å². The predicted octanol–water partition coefficient (Wildman–Crippen LogP) is 2.64. The maximum atomic E-state index is 10.9. The van der Waals surface area contributed by atoms with Gasteiger partial charge in [0.25, 0.3) is 0 Å². The molecule has 2 aromatic rings. The molecule has 0 bridgehead atoms. The third-order valence-corrected chi connectivity index (χ3v) is 3.68. The quantitative estimate of drug-likeness (QED) is 0.809. The molecule has 1 atom stereocenters. The van der Waals surface area contributed by atoms with E-state index in [0.717, 1.165) is 37.1 Å². The number of likely N-dealkylation sites (tertiary alicyclic amines) is 1. The summed E-state index contributed by atoms with van der Waals surface area (Å²) in [5.41, 5.74) is 2.40. The minimum Gasteiger partial charge on any atom is -0.473 e. The summed E-state index contributed by atoms with van der Waals surface area (Å²) in [6.07, 6.45) is 2.08. The number of pyridine rings is 1. The zero-order valence-electron chi connectivity index (χ0n) is 12.0. The standard InChI is InChI=1S/C17H18N2O2/c1-19-9-8-15(11-19)21-17-7-3-6-16(18-17)14-5-2-4-13(10-14)12-20/h2-7,10,12,15H,8-9,11H2,1H3/t15-/m0/s1. The van der Waals surface area contributed by atoms with Gasteiger partial charge in [-0.3, -0.25) is 4.79 Å². The molecule has 0 saturated carbocycles. The van der Waals surface area contributed by atoms with Crippen molar-refractivity contribution in [2.45, 2.75) is 12.5 Å². The van der Waals surface area contributed by atoms with E-state index in [2.05, 4.69) is 16.9 Å². The molecule has 0 N–H and O–H groups in total. The molecule has 1 aromatic heterocycles. The first-order chi connectivity index (χ1) is 10.2. The van der Waals surface area contributed by atoms with Gasteiger partial charge in [-0.2, -0.15) is 0 Å². The number of carbonyl (C=O) groups is 1. The van der Waals surface area contributed by atoms with Gasteiger partial charge in [0.2, 0.25) is 5.88 Å². The van der Waals surface area contributed by atoms with Crippen LogP contribution in [0.1, 0.15) is 16.8 Å². The summed E-state index contributed by atoms with van der Waals surface area (Å²) in [7, 11) is 2.10. The molecule has 108 valence electrons. The number of likely N-dealkylation sites (N-methyl/N-ethyl adjacent to an activating group) is 1. The highest BCUT2D eigenvalue weighted by Crippen LogP contribution is 2.22. The Labute approximate surface area is 124 Å². The summed E-state index contributed by atoms with van der Waals surface area (Å²) >= 11 is 0. The first-order valence-corrected chi connectivity index (χ1v) is 7.12. The van der Waals surface area contributed by atoms with Gasteiger partial charge in [-0.15, -0.1) is 0 Å². The lowest BCUT2D eigenvalue weighted by Crippen LogP contribution is -2.21. The van der Waals surface area contributed by atoms with Crippen molar-refractivity contribution in [1.29, 1.82) is 0 Å². The number of hydrogen-bond donors (Lipinski definition) is 0. The third kappa shape index (κ3) is 3.28. The van der Waals surface area contributed by atoms with Crippen molar-refractivity contribution >= 4 is 6.29 Å². The van der Waals surface area contributed by atoms with E-state index < -0.39 is 0 Å². The minimum absolute atomic E-state index is 0.207. The largest absolute Gasteiger partial charge is 0.473 e. The second kappa shape index (κ2) is 6.06. The first-order valence-electron chi connectivity index (χ1n) is 7.12. The average molecular weight is 282 g/mol. The van der Waals surface area contributed by atoms with Gasteiger partial charge in [0, 0.05) is 30.3 Å². The molecule has 2 heterocycles. The van der Waals surface area contributed by atoms with Crippen LogP contribution >= 0.6 is 0 Å². The number of benzene rings is 1. The number of rotatable bonds is 4.